The largest absolute Gasteiger partial charge is 0.455 e. The second kappa shape index (κ2) is 8.64. The molecule has 1 unspecified atom stereocenters. The third kappa shape index (κ3) is 4.21. The van der Waals surface area contributed by atoms with Crippen molar-refractivity contribution in [3.63, 3.8) is 0 Å². The van der Waals surface area contributed by atoms with Gasteiger partial charge in [-0.1, -0.05) is 11.2 Å². The molecule has 0 aliphatic carbocycles. The second-order valence-electron chi connectivity index (χ2n) is 8.38. The van der Waals surface area contributed by atoms with Gasteiger partial charge in [-0.15, -0.1) is 0 Å². The number of aromatic nitrogens is 6. The van der Waals surface area contributed by atoms with Gasteiger partial charge in [0.1, 0.15) is 22.9 Å². The number of hydrogen-bond donors (Lipinski definition) is 2. The minimum Gasteiger partial charge on any atom is -0.455 e. The molecule has 10 nitrogen and oxygen atoms in total. The summed E-state index contributed by atoms with van der Waals surface area (Å²) in [4.78, 5) is 33.3. The molecule has 1 saturated heterocycles. The summed E-state index contributed by atoms with van der Waals surface area (Å²) in [5, 5.41) is 6.80. The maximum atomic E-state index is 12.3. The standard InChI is InChI=1S/C25H21N7O3/c1-14-29-24(32-35-14)19-6-5-17(13-28-19)34-22-12-21-20(11-16(22)10-15-7-9-27-25(15)33)30-23(31-21)18-4-2-3-8-26-18/h2-6,8,11-13,15H,7,9-10H2,1H3,(H,27,33)(H,30,31). The molecule has 0 saturated carbocycles. The molecule has 4 aromatic heterocycles. The Balaban J connectivity index is 1.35. The first kappa shape index (κ1) is 21.0. The molecule has 1 fully saturated rings. The van der Waals surface area contributed by atoms with Gasteiger partial charge in [0.2, 0.25) is 17.6 Å². The van der Waals surface area contributed by atoms with Crippen LogP contribution in [-0.2, 0) is 11.2 Å². The van der Waals surface area contributed by atoms with Gasteiger partial charge >= 0.3 is 0 Å². The van der Waals surface area contributed by atoms with Crippen molar-refractivity contribution in [2.75, 3.05) is 6.54 Å². The summed E-state index contributed by atoms with van der Waals surface area (Å²) in [5.41, 5.74) is 3.84. The predicted octanol–water partition coefficient (Wildman–Crippen LogP) is 3.85. The van der Waals surface area contributed by atoms with E-state index in [4.69, 9.17) is 14.2 Å². The number of carbonyl (C=O) groups excluding carboxylic acids is 1. The van der Waals surface area contributed by atoms with E-state index in [1.807, 2.05) is 30.3 Å². The van der Waals surface area contributed by atoms with Crippen LogP contribution in [0.25, 0.3) is 34.1 Å². The highest BCUT2D eigenvalue weighted by Gasteiger charge is 2.26. The van der Waals surface area contributed by atoms with E-state index in [1.165, 1.54) is 0 Å². The van der Waals surface area contributed by atoms with E-state index in [1.54, 1.807) is 31.5 Å². The Kier molecular flexibility index (Phi) is 5.17. The van der Waals surface area contributed by atoms with Crippen LogP contribution in [0.3, 0.4) is 0 Å². The highest BCUT2D eigenvalue weighted by molar-refractivity contribution is 5.83. The molecule has 0 bridgehead atoms. The van der Waals surface area contributed by atoms with Crippen LogP contribution in [0.15, 0.2) is 59.4 Å². The number of nitrogens with one attached hydrogen (secondary N) is 2. The van der Waals surface area contributed by atoms with Crippen molar-refractivity contribution >= 4 is 16.9 Å². The van der Waals surface area contributed by atoms with Crippen molar-refractivity contribution in [2.45, 2.75) is 19.8 Å². The van der Waals surface area contributed by atoms with Crippen LogP contribution >= 0.6 is 0 Å². The summed E-state index contributed by atoms with van der Waals surface area (Å²) in [6.45, 7) is 2.42. The number of pyridine rings is 2. The zero-order valence-electron chi connectivity index (χ0n) is 18.9. The summed E-state index contributed by atoms with van der Waals surface area (Å²) in [6.07, 6.45) is 4.69. The molecule has 10 heteroatoms. The minimum atomic E-state index is -0.102. The number of rotatable bonds is 6. The molecular formula is C25H21N7O3. The summed E-state index contributed by atoms with van der Waals surface area (Å²) in [5.74, 6) is 2.70. The summed E-state index contributed by atoms with van der Waals surface area (Å²) >= 11 is 0. The van der Waals surface area contributed by atoms with Crippen molar-refractivity contribution in [3.05, 3.63) is 66.3 Å². The van der Waals surface area contributed by atoms with Crippen LogP contribution in [-0.4, -0.2) is 42.5 Å². The van der Waals surface area contributed by atoms with Gasteiger partial charge in [0.05, 0.1) is 17.2 Å². The second-order valence-corrected chi connectivity index (χ2v) is 8.38. The SMILES string of the molecule is Cc1nc(-c2ccc(Oc3cc4nc(-c5ccccn5)[nH]c4cc3CC3CCNC3=O)cn2)no1. The van der Waals surface area contributed by atoms with Crippen LogP contribution in [0.2, 0.25) is 0 Å². The summed E-state index contributed by atoms with van der Waals surface area (Å²) in [7, 11) is 0. The lowest BCUT2D eigenvalue weighted by Crippen LogP contribution is -2.20. The van der Waals surface area contributed by atoms with E-state index in [9.17, 15) is 4.79 Å². The minimum absolute atomic E-state index is 0.0660. The fourth-order valence-electron chi connectivity index (χ4n) is 4.17. The van der Waals surface area contributed by atoms with E-state index < -0.39 is 0 Å². The molecule has 2 N–H and O–H groups in total. The maximum absolute atomic E-state index is 12.3. The van der Waals surface area contributed by atoms with Crippen molar-refractivity contribution in [3.8, 4) is 34.5 Å². The third-order valence-corrected chi connectivity index (χ3v) is 5.92. The number of aromatic amines is 1. The Labute approximate surface area is 199 Å². The molecule has 5 aromatic rings. The van der Waals surface area contributed by atoms with Gasteiger partial charge in [-0.3, -0.25) is 9.78 Å². The van der Waals surface area contributed by atoms with Crippen LogP contribution < -0.4 is 10.1 Å². The van der Waals surface area contributed by atoms with Gasteiger partial charge in [0, 0.05) is 31.6 Å². The Bertz CT molecular complexity index is 1510. The number of benzene rings is 1. The Morgan fingerprint density at radius 2 is 2.06 bits per heavy atom. The fourth-order valence-corrected chi connectivity index (χ4v) is 4.17. The summed E-state index contributed by atoms with van der Waals surface area (Å²) < 4.78 is 11.3. The normalized spacial score (nSPS) is 15.5. The Morgan fingerprint density at radius 1 is 1.11 bits per heavy atom. The molecule has 1 amide bonds. The number of hydrogen-bond acceptors (Lipinski definition) is 8. The molecule has 6 rings (SSSR count). The van der Waals surface area contributed by atoms with Gasteiger partial charge in [-0.05, 0) is 48.7 Å². The van der Waals surface area contributed by atoms with E-state index in [-0.39, 0.29) is 11.8 Å². The van der Waals surface area contributed by atoms with Crippen molar-refractivity contribution in [2.24, 2.45) is 5.92 Å². The number of fused-ring (bicyclic) bond motifs is 1. The summed E-state index contributed by atoms with van der Waals surface area (Å²) in [6, 6.07) is 13.1. The van der Waals surface area contributed by atoms with Crippen LogP contribution in [0.5, 0.6) is 11.5 Å². The zero-order valence-corrected chi connectivity index (χ0v) is 18.9. The molecule has 5 heterocycles. The molecule has 0 spiro atoms. The number of aryl methyl sites for hydroxylation is 1. The number of carbonyl (C=O) groups is 1. The smallest absolute Gasteiger partial charge is 0.223 e. The van der Waals surface area contributed by atoms with Crippen LogP contribution in [0, 0.1) is 12.8 Å². The van der Waals surface area contributed by atoms with Gasteiger partial charge in [0.15, 0.2) is 5.82 Å². The lowest BCUT2D eigenvalue weighted by molar-refractivity contribution is -0.122. The quantitative estimate of drug-likeness (QED) is 0.385. The Morgan fingerprint density at radius 3 is 2.77 bits per heavy atom. The number of nitrogens with zero attached hydrogens (tertiary/aromatic N) is 5. The molecule has 35 heavy (non-hydrogen) atoms. The molecule has 174 valence electrons. The third-order valence-electron chi connectivity index (χ3n) is 5.92. The molecule has 0 radical (unpaired) electrons. The molecule has 1 aromatic carbocycles. The number of amides is 1. The van der Waals surface area contributed by atoms with Gasteiger partial charge in [-0.25, -0.2) is 9.97 Å². The monoisotopic (exact) mass is 467 g/mol. The topological polar surface area (TPSA) is 132 Å². The number of H-pyrrole nitrogens is 1. The highest BCUT2D eigenvalue weighted by atomic mass is 16.5. The molecule has 1 aliphatic heterocycles. The lowest BCUT2D eigenvalue weighted by atomic mass is 9.97. The lowest BCUT2D eigenvalue weighted by Gasteiger charge is -2.13. The average Bonchev–Trinajstić information content (AvgIpc) is 3.60. The van der Waals surface area contributed by atoms with Crippen molar-refractivity contribution in [1.29, 1.82) is 0 Å². The first-order chi connectivity index (χ1) is 17.1. The first-order valence-corrected chi connectivity index (χ1v) is 11.3. The van der Waals surface area contributed by atoms with Gasteiger partial charge in [-0.2, -0.15) is 4.98 Å². The van der Waals surface area contributed by atoms with E-state index in [2.05, 4.69) is 30.4 Å². The van der Waals surface area contributed by atoms with E-state index in [0.29, 0.717) is 47.7 Å². The number of imidazole rings is 1. The van der Waals surface area contributed by atoms with Crippen molar-refractivity contribution < 1.29 is 14.1 Å². The zero-order chi connectivity index (χ0) is 23.8. The van der Waals surface area contributed by atoms with Crippen LogP contribution in [0.1, 0.15) is 17.9 Å². The Hall–Kier alpha value is -4.60. The fraction of sp³-hybridized carbons (Fsp3) is 0.200. The molecular weight excluding hydrogens is 446 g/mol. The maximum Gasteiger partial charge on any atom is 0.223 e. The molecule has 1 aliphatic rings. The number of ether oxygens (including phenoxy) is 1. The van der Waals surface area contributed by atoms with Crippen LogP contribution in [0.4, 0.5) is 0 Å². The first-order valence-electron chi connectivity index (χ1n) is 11.3. The van der Waals surface area contributed by atoms with Crippen molar-refractivity contribution in [1.82, 2.24) is 35.4 Å². The van der Waals surface area contributed by atoms with E-state index in [0.717, 1.165) is 28.7 Å². The highest BCUT2D eigenvalue weighted by Crippen LogP contribution is 2.33. The predicted molar refractivity (Wildman–Crippen MR) is 126 cm³/mol. The molecule has 1 atom stereocenters. The van der Waals surface area contributed by atoms with Gasteiger partial charge in [0.25, 0.3) is 0 Å². The van der Waals surface area contributed by atoms with Gasteiger partial charge < -0.3 is 19.6 Å². The average molecular weight is 467 g/mol. The van der Waals surface area contributed by atoms with E-state index >= 15 is 0 Å².